The van der Waals surface area contributed by atoms with Crippen molar-refractivity contribution in [3.63, 3.8) is 0 Å². The molecule has 0 saturated carbocycles. The lowest BCUT2D eigenvalue weighted by molar-refractivity contribution is 0.447. The lowest BCUT2D eigenvalue weighted by Crippen LogP contribution is -2.46. The van der Waals surface area contributed by atoms with Crippen molar-refractivity contribution in [1.82, 2.24) is 0 Å². The molecule has 0 radical (unpaired) electrons. The molecule has 0 aliphatic heterocycles. The minimum Gasteiger partial charge on any atom is -0.499 e. The fourth-order valence-corrected chi connectivity index (χ4v) is 8.63. The Bertz CT molecular complexity index is 349. The van der Waals surface area contributed by atoms with Gasteiger partial charge in [0.2, 0.25) is 0 Å². The predicted octanol–water partition coefficient (Wildman–Crippen LogP) is 7.45. The highest BCUT2D eigenvalue weighted by Crippen LogP contribution is 2.41. The topological polar surface area (TPSA) is 9.23 Å². The van der Waals surface area contributed by atoms with E-state index in [1.807, 2.05) is 6.08 Å². The Hall–Kier alpha value is -0.683. The van der Waals surface area contributed by atoms with Crippen LogP contribution in [0.25, 0.3) is 0 Å². The molecule has 0 aromatic carbocycles. The van der Waals surface area contributed by atoms with E-state index >= 15 is 0 Å². The monoisotopic (exact) mass is 336 g/mol. The zero-order valence-electron chi connectivity index (χ0n) is 16.7. The summed E-state index contributed by atoms with van der Waals surface area (Å²) in [4.78, 5) is 0. The molecule has 0 N–H and O–H groups in total. The molecule has 0 bridgehead atoms. The van der Waals surface area contributed by atoms with E-state index in [4.69, 9.17) is 4.43 Å². The smallest absolute Gasteiger partial charge is 0.272 e. The molecule has 23 heavy (non-hydrogen) atoms. The van der Waals surface area contributed by atoms with Gasteiger partial charge in [-0.3, -0.25) is 0 Å². The molecule has 0 spiro atoms. The number of hydrogen-bond acceptors (Lipinski definition) is 1. The molecule has 134 valence electrons. The van der Waals surface area contributed by atoms with E-state index in [9.17, 15) is 0 Å². The first-order valence-electron chi connectivity index (χ1n) is 9.73. The zero-order valence-corrected chi connectivity index (χ0v) is 17.7. The van der Waals surface area contributed by atoms with Crippen LogP contribution in [0.4, 0.5) is 0 Å². The van der Waals surface area contributed by atoms with E-state index in [1.54, 1.807) is 0 Å². The largest absolute Gasteiger partial charge is 0.499 e. The quantitative estimate of drug-likeness (QED) is 0.216. The first-order valence-corrected chi connectivity index (χ1v) is 11.9. The normalized spacial score (nSPS) is 12.3. The van der Waals surface area contributed by atoms with Gasteiger partial charge in [0.15, 0.2) is 0 Å². The molecule has 0 aliphatic carbocycles. The van der Waals surface area contributed by atoms with E-state index in [-0.39, 0.29) is 0 Å². The minimum absolute atomic E-state index is 0.587. The molecular weight excluding hydrogens is 296 g/mol. The molecule has 0 atom stereocenters. The summed E-state index contributed by atoms with van der Waals surface area (Å²) in [6.45, 7) is 16.0. The highest BCUT2D eigenvalue weighted by atomic mass is 28.4. The Labute approximate surface area is 147 Å². The van der Waals surface area contributed by atoms with Crippen molar-refractivity contribution in [3.05, 3.63) is 12.2 Å². The summed E-state index contributed by atoms with van der Waals surface area (Å²) in [6, 6.07) is 0. The Kier molecular flexibility index (Phi) is 12.3. The second-order valence-corrected chi connectivity index (χ2v) is 13.0. The Morgan fingerprint density at radius 2 is 1.35 bits per heavy atom. The summed E-state index contributed by atoms with van der Waals surface area (Å²) in [5.41, 5.74) is 1.76. The van der Waals surface area contributed by atoms with E-state index < -0.39 is 8.32 Å². The summed E-state index contributed by atoms with van der Waals surface area (Å²) >= 11 is 0. The third kappa shape index (κ3) is 8.11. The van der Waals surface area contributed by atoms with Gasteiger partial charge < -0.3 is 4.43 Å². The fourth-order valence-electron chi connectivity index (χ4n) is 3.69. The van der Waals surface area contributed by atoms with Gasteiger partial charge in [0, 0.05) is 0 Å². The molecule has 0 heterocycles. The molecule has 1 nitrogen and oxygen atoms in total. The molecule has 0 unspecified atom stereocenters. The van der Waals surface area contributed by atoms with Crippen LogP contribution in [-0.2, 0) is 4.43 Å². The molecule has 0 saturated heterocycles. The Morgan fingerprint density at radius 3 is 1.87 bits per heavy atom. The Balaban J connectivity index is 4.24. The number of hydrogen-bond donors (Lipinski definition) is 0. The first kappa shape index (κ1) is 22.3. The number of unbranched alkanes of at least 4 members (excludes halogenated alkanes) is 6. The van der Waals surface area contributed by atoms with Crippen molar-refractivity contribution in [3.8, 4) is 12.0 Å². The summed E-state index contributed by atoms with van der Waals surface area (Å²) < 4.78 is 6.21. The van der Waals surface area contributed by atoms with Gasteiger partial charge in [-0.1, -0.05) is 86.6 Å². The average Bonchev–Trinajstić information content (AvgIpc) is 2.47. The second kappa shape index (κ2) is 12.7. The number of allylic oxidation sites excluding steroid dienone is 2. The van der Waals surface area contributed by atoms with Crippen molar-refractivity contribution in [2.24, 2.45) is 0 Å². The SMILES string of the molecule is CCCCCCCC/C=C/C#CO[Si](C(C)C)(C(C)C)C(C)C. The highest BCUT2D eigenvalue weighted by Gasteiger charge is 2.46. The maximum Gasteiger partial charge on any atom is 0.272 e. The molecular formula is C21H40OSi. The third-order valence-electron chi connectivity index (χ3n) is 4.92. The van der Waals surface area contributed by atoms with Crippen molar-refractivity contribution < 1.29 is 4.43 Å². The number of rotatable bonds is 11. The van der Waals surface area contributed by atoms with Crippen molar-refractivity contribution in [1.29, 1.82) is 0 Å². The van der Waals surface area contributed by atoms with Crippen LogP contribution >= 0.6 is 0 Å². The standard InChI is InChI=1S/C21H40OSi/c1-8-9-10-11-12-13-14-15-16-17-18-22-23(19(2)3,20(4)5)21(6)7/h15-16,19-21H,8-14H2,1-7H3/b16-15+. The fraction of sp³-hybridized carbons (Fsp3) is 0.810. The summed E-state index contributed by atoms with van der Waals surface area (Å²) in [5.74, 6) is 3.10. The van der Waals surface area contributed by atoms with Gasteiger partial charge in [-0.15, -0.1) is 0 Å². The lowest BCUT2D eigenvalue weighted by Gasteiger charge is -2.39. The summed E-state index contributed by atoms with van der Waals surface area (Å²) in [7, 11) is -1.83. The van der Waals surface area contributed by atoms with Crippen LogP contribution in [0.2, 0.25) is 16.6 Å². The first-order chi connectivity index (χ1) is 10.9. The lowest BCUT2D eigenvalue weighted by atomic mass is 10.1. The van der Waals surface area contributed by atoms with Crippen molar-refractivity contribution >= 4 is 8.32 Å². The van der Waals surface area contributed by atoms with Gasteiger partial charge >= 0.3 is 0 Å². The van der Waals surface area contributed by atoms with Crippen LogP contribution in [-0.4, -0.2) is 8.32 Å². The van der Waals surface area contributed by atoms with Gasteiger partial charge in [0.05, 0.1) is 6.11 Å². The predicted molar refractivity (Wildman–Crippen MR) is 107 cm³/mol. The molecule has 0 amide bonds. The zero-order chi connectivity index (χ0) is 17.7. The summed E-state index contributed by atoms with van der Waals surface area (Å²) in [6.07, 6.45) is 16.4. The van der Waals surface area contributed by atoms with Crippen LogP contribution < -0.4 is 0 Å². The van der Waals surface area contributed by atoms with Crippen molar-refractivity contribution in [2.45, 2.75) is 110 Å². The second-order valence-electron chi connectivity index (χ2n) is 7.62. The van der Waals surface area contributed by atoms with Crippen LogP contribution in [0.3, 0.4) is 0 Å². The minimum atomic E-state index is -1.83. The van der Waals surface area contributed by atoms with Gasteiger partial charge in [-0.05, 0) is 41.5 Å². The van der Waals surface area contributed by atoms with Gasteiger partial charge in [0.25, 0.3) is 8.32 Å². The molecule has 0 rings (SSSR count). The van der Waals surface area contributed by atoms with Crippen LogP contribution in [0.1, 0.15) is 93.4 Å². The van der Waals surface area contributed by atoms with E-state index in [1.165, 1.54) is 38.5 Å². The molecule has 0 aromatic rings. The van der Waals surface area contributed by atoms with E-state index in [0.717, 1.165) is 6.42 Å². The van der Waals surface area contributed by atoms with Gasteiger partial charge in [-0.25, -0.2) is 0 Å². The molecule has 0 fully saturated rings. The maximum atomic E-state index is 6.21. The molecule has 0 aromatic heterocycles. The summed E-state index contributed by atoms with van der Waals surface area (Å²) in [5, 5.41) is 0. The third-order valence-corrected chi connectivity index (χ3v) is 10.8. The Morgan fingerprint density at radius 1 is 0.826 bits per heavy atom. The van der Waals surface area contributed by atoms with Gasteiger partial charge in [0.1, 0.15) is 0 Å². The van der Waals surface area contributed by atoms with Gasteiger partial charge in [-0.2, -0.15) is 0 Å². The highest BCUT2D eigenvalue weighted by molar-refractivity contribution is 6.77. The van der Waals surface area contributed by atoms with Crippen molar-refractivity contribution in [2.75, 3.05) is 0 Å². The average molecular weight is 337 g/mol. The van der Waals surface area contributed by atoms with Crippen LogP contribution in [0.5, 0.6) is 0 Å². The molecule has 2 heteroatoms. The van der Waals surface area contributed by atoms with Crippen LogP contribution in [0.15, 0.2) is 12.2 Å². The van der Waals surface area contributed by atoms with E-state index in [2.05, 4.69) is 66.6 Å². The molecule has 0 aliphatic rings. The van der Waals surface area contributed by atoms with E-state index in [0.29, 0.717) is 16.6 Å². The van der Waals surface area contributed by atoms with Crippen LogP contribution in [0, 0.1) is 12.0 Å². The maximum absolute atomic E-state index is 6.21.